The Balaban J connectivity index is 1.44. The van der Waals surface area contributed by atoms with Crippen molar-refractivity contribution in [3.63, 3.8) is 0 Å². The fourth-order valence-corrected chi connectivity index (χ4v) is 2.30. The molecule has 4 nitrogen and oxygen atoms in total. The van der Waals surface area contributed by atoms with Gasteiger partial charge in [0.15, 0.2) is 0 Å². The second kappa shape index (κ2) is 6.55. The van der Waals surface area contributed by atoms with E-state index < -0.39 is 0 Å². The molecule has 0 aromatic carbocycles. The first-order valence-electron chi connectivity index (χ1n) is 6.44. The predicted molar refractivity (Wildman–Crippen MR) is 63.7 cm³/mol. The summed E-state index contributed by atoms with van der Waals surface area (Å²) >= 11 is 0. The number of nitrogens with zero attached hydrogens (tertiary/aromatic N) is 1. The van der Waals surface area contributed by atoms with Crippen molar-refractivity contribution >= 4 is 0 Å². The van der Waals surface area contributed by atoms with Gasteiger partial charge in [-0.2, -0.15) is 0 Å². The third-order valence-electron chi connectivity index (χ3n) is 3.39. The first kappa shape index (κ1) is 12.3. The van der Waals surface area contributed by atoms with Gasteiger partial charge in [0.1, 0.15) is 0 Å². The Morgan fingerprint density at radius 3 is 2.81 bits per heavy atom. The number of hydrogen-bond donors (Lipinski definition) is 1. The lowest BCUT2D eigenvalue weighted by Crippen LogP contribution is -2.35. The van der Waals surface area contributed by atoms with Gasteiger partial charge in [-0.25, -0.2) is 0 Å². The highest BCUT2D eigenvalue weighted by atomic mass is 16.5. The van der Waals surface area contributed by atoms with Gasteiger partial charge in [-0.15, -0.1) is 0 Å². The molecule has 0 aromatic heterocycles. The normalized spacial score (nSPS) is 26.4. The zero-order chi connectivity index (χ0) is 11.2. The molecular weight excluding hydrogens is 204 g/mol. The minimum Gasteiger partial charge on any atom is -0.382 e. The Morgan fingerprint density at radius 2 is 2.06 bits per heavy atom. The topological polar surface area (TPSA) is 33.7 Å². The summed E-state index contributed by atoms with van der Waals surface area (Å²) in [5.41, 5.74) is 0. The molecule has 1 saturated heterocycles. The van der Waals surface area contributed by atoms with E-state index in [1.54, 1.807) is 7.11 Å². The molecular formula is C12H24N2O2. The maximum atomic E-state index is 5.42. The molecule has 1 atom stereocenters. The average Bonchev–Trinajstić information content (AvgIpc) is 3.04. The monoisotopic (exact) mass is 228 g/mol. The number of ether oxygens (including phenoxy) is 2. The van der Waals surface area contributed by atoms with Crippen LogP contribution in [0.1, 0.15) is 19.3 Å². The van der Waals surface area contributed by atoms with Gasteiger partial charge < -0.3 is 14.8 Å². The quantitative estimate of drug-likeness (QED) is 0.613. The summed E-state index contributed by atoms with van der Waals surface area (Å²) in [7, 11) is 1.70. The van der Waals surface area contributed by atoms with Gasteiger partial charge in [0.25, 0.3) is 0 Å². The standard InChI is InChI=1S/C12H24N2O2/c1-15-8-9-16-7-5-13-11-4-6-14(10-11)12-2-3-12/h11-13H,2-10H2,1H3. The Bertz CT molecular complexity index is 197. The summed E-state index contributed by atoms with van der Waals surface area (Å²) in [6, 6.07) is 1.61. The second-order valence-corrected chi connectivity index (χ2v) is 4.77. The second-order valence-electron chi connectivity index (χ2n) is 4.77. The highest BCUT2D eigenvalue weighted by Gasteiger charge is 2.33. The van der Waals surface area contributed by atoms with Crippen molar-refractivity contribution in [2.45, 2.75) is 31.3 Å². The van der Waals surface area contributed by atoms with Crippen molar-refractivity contribution in [3.8, 4) is 0 Å². The number of rotatable bonds is 8. The molecule has 4 heteroatoms. The molecule has 2 fully saturated rings. The fraction of sp³-hybridized carbons (Fsp3) is 1.00. The lowest BCUT2D eigenvalue weighted by molar-refractivity contribution is 0.0711. The molecule has 0 aromatic rings. The molecule has 16 heavy (non-hydrogen) atoms. The van der Waals surface area contributed by atoms with Crippen molar-refractivity contribution in [1.29, 1.82) is 0 Å². The van der Waals surface area contributed by atoms with E-state index in [0.717, 1.165) is 19.2 Å². The number of methoxy groups -OCH3 is 1. The van der Waals surface area contributed by atoms with Gasteiger partial charge in [0.2, 0.25) is 0 Å². The summed E-state index contributed by atoms with van der Waals surface area (Å²) < 4.78 is 10.3. The van der Waals surface area contributed by atoms with E-state index in [0.29, 0.717) is 19.3 Å². The molecule has 94 valence electrons. The molecule has 2 rings (SSSR count). The first-order valence-corrected chi connectivity index (χ1v) is 6.44. The van der Waals surface area contributed by atoms with Crippen LogP contribution in [0.25, 0.3) is 0 Å². The van der Waals surface area contributed by atoms with Crippen LogP contribution in [-0.2, 0) is 9.47 Å². The largest absolute Gasteiger partial charge is 0.382 e. The molecule has 1 aliphatic carbocycles. The van der Waals surface area contributed by atoms with E-state index in [9.17, 15) is 0 Å². The molecule has 1 N–H and O–H groups in total. The molecule has 1 heterocycles. The summed E-state index contributed by atoms with van der Waals surface area (Å²) in [5, 5.41) is 3.56. The number of likely N-dealkylation sites (tertiary alicyclic amines) is 1. The minimum atomic E-state index is 0.687. The molecule has 0 bridgehead atoms. The van der Waals surface area contributed by atoms with E-state index >= 15 is 0 Å². The van der Waals surface area contributed by atoms with E-state index in [2.05, 4.69) is 10.2 Å². The van der Waals surface area contributed by atoms with E-state index in [1.807, 2.05) is 0 Å². The molecule has 1 unspecified atom stereocenters. The predicted octanol–water partition coefficient (Wildman–Crippen LogP) is 0.476. The SMILES string of the molecule is COCCOCCNC1CCN(C2CC2)C1. The minimum absolute atomic E-state index is 0.687. The van der Waals surface area contributed by atoms with Gasteiger partial charge in [-0.1, -0.05) is 0 Å². The first-order chi connectivity index (χ1) is 7.90. The molecule has 0 radical (unpaired) electrons. The summed E-state index contributed by atoms with van der Waals surface area (Å²) in [6.07, 6.45) is 4.15. The highest BCUT2D eigenvalue weighted by Crippen LogP contribution is 2.29. The van der Waals surface area contributed by atoms with Crippen LogP contribution in [0.5, 0.6) is 0 Å². The fourth-order valence-electron chi connectivity index (χ4n) is 2.30. The average molecular weight is 228 g/mol. The Morgan fingerprint density at radius 1 is 1.19 bits per heavy atom. The zero-order valence-electron chi connectivity index (χ0n) is 10.3. The maximum Gasteiger partial charge on any atom is 0.0700 e. The van der Waals surface area contributed by atoms with Crippen molar-refractivity contribution in [2.24, 2.45) is 0 Å². The summed E-state index contributed by atoms with van der Waals surface area (Å²) in [4.78, 5) is 2.63. The third-order valence-corrected chi connectivity index (χ3v) is 3.39. The highest BCUT2D eigenvalue weighted by molar-refractivity contribution is 4.91. The van der Waals surface area contributed by atoms with Crippen LogP contribution < -0.4 is 5.32 Å². The third kappa shape index (κ3) is 4.01. The van der Waals surface area contributed by atoms with Crippen molar-refractivity contribution in [2.75, 3.05) is 46.6 Å². The van der Waals surface area contributed by atoms with Crippen LogP contribution in [0.15, 0.2) is 0 Å². The van der Waals surface area contributed by atoms with Crippen molar-refractivity contribution < 1.29 is 9.47 Å². The summed E-state index contributed by atoms with van der Waals surface area (Å²) in [5.74, 6) is 0. The zero-order valence-corrected chi connectivity index (χ0v) is 10.3. The van der Waals surface area contributed by atoms with Gasteiger partial charge in [0.05, 0.1) is 19.8 Å². The Hall–Kier alpha value is -0.160. The van der Waals surface area contributed by atoms with Gasteiger partial charge >= 0.3 is 0 Å². The van der Waals surface area contributed by atoms with Crippen LogP contribution in [0.4, 0.5) is 0 Å². The van der Waals surface area contributed by atoms with Crippen molar-refractivity contribution in [3.05, 3.63) is 0 Å². The molecule has 2 aliphatic rings. The van der Waals surface area contributed by atoms with Gasteiger partial charge in [-0.3, -0.25) is 4.90 Å². The molecule has 0 spiro atoms. The van der Waals surface area contributed by atoms with Crippen LogP contribution >= 0.6 is 0 Å². The van der Waals surface area contributed by atoms with Crippen molar-refractivity contribution in [1.82, 2.24) is 10.2 Å². The lowest BCUT2D eigenvalue weighted by atomic mass is 10.3. The molecule has 0 amide bonds. The molecule has 1 aliphatic heterocycles. The van der Waals surface area contributed by atoms with E-state index in [1.165, 1.54) is 32.4 Å². The number of hydrogen-bond acceptors (Lipinski definition) is 4. The van der Waals surface area contributed by atoms with Crippen LogP contribution in [0.3, 0.4) is 0 Å². The van der Waals surface area contributed by atoms with Crippen LogP contribution in [0.2, 0.25) is 0 Å². The van der Waals surface area contributed by atoms with Gasteiger partial charge in [0, 0.05) is 38.8 Å². The lowest BCUT2D eigenvalue weighted by Gasteiger charge is -2.15. The van der Waals surface area contributed by atoms with E-state index in [-0.39, 0.29) is 0 Å². The summed E-state index contributed by atoms with van der Waals surface area (Å²) in [6.45, 7) is 5.68. The van der Waals surface area contributed by atoms with E-state index in [4.69, 9.17) is 9.47 Å². The smallest absolute Gasteiger partial charge is 0.0700 e. The Labute approximate surface area is 98.3 Å². The molecule has 1 saturated carbocycles. The van der Waals surface area contributed by atoms with Gasteiger partial charge in [-0.05, 0) is 19.3 Å². The Kier molecular flexibility index (Phi) is 5.03. The van der Waals surface area contributed by atoms with Crippen LogP contribution in [-0.4, -0.2) is 63.5 Å². The van der Waals surface area contributed by atoms with Crippen LogP contribution in [0, 0.1) is 0 Å². The number of nitrogens with one attached hydrogen (secondary N) is 1. The maximum absolute atomic E-state index is 5.42.